The first-order valence-electron chi connectivity index (χ1n) is 6.85. The molecule has 0 fully saturated rings. The van der Waals surface area contributed by atoms with Gasteiger partial charge in [0.1, 0.15) is 6.10 Å². The maximum atomic E-state index is 13.0. The molecular formula is C17H14ClF3O2. The molecule has 1 unspecified atom stereocenters. The molecular weight excluding hydrogens is 329 g/mol. The predicted octanol–water partition coefficient (Wildman–Crippen LogP) is 4.30. The van der Waals surface area contributed by atoms with Crippen LogP contribution >= 0.6 is 11.6 Å². The molecule has 0 aliphatic heterocycles. The van der Waals surface area contributed by atoms with Crippen LogP contribution in [0.2, 0.25) is 0 Å². The minimum Gasteiger partial charge on any atom is -0.384 e. The van der Waals surface area contributed by atoms with Gasteiger partial charge in [0.25, 0.3) is 0 Å². The number of alkyl halides is 3. The van der Waals surface area contributed by atoms with Crippen LogP contribution < -0.4 is 0 Å². The lowest BCUT2D eigenvalue weighted by atomic mass is 9.87. The number of aliphatic hydroxyl groups is 1. The second-order valence-corrected chi connectivity index (χ2v) is 5.54. The van der Waals surface area contributed by atoms with Crippen molar-refractivity contribution in [2.75, 3.05) is 0 Å². The molecule has 23 heavy (non-hydrogen) atoms. The topological polar surface area (TPSA) is 37.3 Å². The lowest BCUT2D eigenvalue weighted by Gasteiger charge is -2.23. The van der Waals surface area contributed by atoms with Gasteiger partial charge in [-0.25, -0.2) is 0 Å². The molecule has 0 spiro atoms. The SMILES string of the molecule is C=C1C=CC(C(F)(F)F)=CC(C2=CC(=O)C(Cl)=C(CC)C2O)=C1. The summed E-state index contributed by atoms with van der Waals surface area (Å²) in [5.74, 6) is -0.533. The highest BCUT2D eigenvalue weighted by molar-refractivity contribution is 6.45. The van der Waals surface area contributed by atoms with Gasteiger partial charge in [-0.2, -0.15) is 13.2 Å². The first kappa shape index (κ1) is 17.5. The zero-order valence-electron chi connectivity index (χ0n) is 12.2. The fourth-order valence-electron chi connectivity index (χ4n) is 2.38. The van der Waals surface area contributed by atoms with Gasteiger partial charge in [-0.05, 0) is 53.0 Å². The van der Waals surface area contributed by atoms with E-state index < -0.39 is 23.6 Å². The highest BCUT2D eigenvalue weighted by Crippen LogP contribution is 2.36. The Kier molecular flexibility index (Phi) is 4.82. The van der Waals surface area contributed by atoms with Crippen molar-refractivity contribution in [3.8, 4) is 0 Å². The van der Waals surface area contributed by atoms with Gasteiger partial charge in [0.05, 0.1) is 10.6 Å². The maximum Gasteiger partial charge on any atom is 0.416 e. The van der Waals surface area contributed by atoms with E-state index >= 15 is 0 Å². The van der Waals surface area contributed by atoms with Gasteiger partial charge in [-0.15, -0.1) is 0 Å². The molecule has 2 rings (SSSR count). The van der Waals surface area contributed by atoms with E-state index in [-0.39, 0.29) is 16.2 Å². The number of hydrogen-bond acceptors (Lipinski definition) is 2. The molecule has 1 atom stereocenters. The van der Waals surface area contributed by atoms with Crippen molar-refractivity contribution >= 4 is 17.4 Å². The number of ketones is 1. The average Bonchev–Trinajstić information content (AvgIpc) is 2.65. The summed E-state index contributed by atoms with van der Waals surface area (Å²) in [7, 11) is 0. The van der Waals surface area contributed by atoms with Crippen molar-refractivity contribution in [2.45, 2.75) is 25.6 Å². The zero-order chi connectivity index (χ0) is 17.4. The number of rotatable bonds is 2. The zero-order valence-corrected chi connectivity index (χ0v) is 13.0. The van der Waals surface area contributed by atoms with Crippen molar-refractivity contribution < 1.29 is 23.1 Å². The summed E-state index contributed by atoms with van der Waals surface area (Å²) in [6.45, 7) is 5.34. The predicted molar refractivity (Wildman–Crippen MR) is 82.8 cm³/mol. The van der Waals surface area contributed by atoms with E-state index in [9.17, 15) is 23.1 Å². The Bertz CT molecular complexity index is 719. The van der Waals surface area contributed by atoms with Crippen LogP contribution in [0.4, 0.5) is 13.2 Å². The molecule has 0 saturated heterocycles. The summed E-state index contributed by atoms with van der Waals surface area (Å²) in [5.41, 5.74) is -0.0950. The van der Waals surface area contributed by atoms with Crippen LogP contribution in [0.15, 0.2) is 69.9 Å². The molecule has 0 bridgehead atoms. The molecule has 0 radical (unpaired) electrons. The summed E-state index contributed by atoms with van der Waals surface area (Å²) in [5, 5.41) is 10.3. The molecule has 0 aromatic carbocycles. The van der Waals surface area contributed by atoms with Crippen molar-refractivity contribution in [3.05, 3.63) is 69.9 Å². The van der Waals surface area contributed by atoms with Crippen molar-refractivity contribution in [2.24, 2.45) is 0 Å². The molecule has 0 amide bonds. The quantitative estimate of drug-likeness (QED) is 0.812. The van der Waals surface area contributed by atoms with Crippen molar-refractivity contribution in [1.29, 1.82) is 0 Å². The largest absolute Gasteiger partial charge is 0.416 e. The molecule has 1 N–H and O–H groups in total. The first-order valence-corrected chi connectivity index (χ1v) is 7.23. The number of hydrogen-bond donors (Lipinski definition) is 1. The summed E-state index contributed by atoms with van der Waals surface area (Å²) >= 11 is 5.88. The van der Waals surface area contributed by atoms with Crippen LogP contribution in [0, 0.1) is 0 Å². The summed E-state index contributed by atoms with van der Waals surface area (Å²) in [4.78, 5) is 11.9. The van der Waals surface area contributed by atoms with Gasteiger partial charge < -0.3 is 5.11 Å². The third-order valence-corrected chi connectivity index (χ3v) is 4.01. The molecule has 6 heteroatoms. The monoisotopic (exact) mass is 342 g/mol. The molecule has 0 heterocycles. The molecule has 0 aromatic heterocycles. The Morgan fingerprint density at radius 1 is 1.26 bits per heavy atom. The number of aliphatic hydroxyl groups excluding tert-OH is 1. The highest BCUT2D eigenvalue weighted by atomic mass is 35.5. The smallest absolute Gasteiger partial charge is 0.384 e. The van der Waals surface area contributed by atoms with E-state index in [0.717, 1.165) is 18.2 Å². The number of carbonyl (C=O) groups is 1. The van der Waals surface area contributed by atoms with Crippen LogP contribution in [-0.4, -0.2) is 23.2 Å². The average molecular weight is 343 g/mol. The van der Waals surface area contributed by atoms with E-state index in [1.807, 2.05) is 0 Å². The van der Waals surface area contributed by atoms with E-state index in [4.69, 9.17) is 11.6 Å². The normalized spacial score (nSPS) is 22.7. The van der Waals surface area contributed by atoms with E-state index in [0.29, 0.717) is 17.6 Å². The fraction of sp³-hybridized carbons (Fsp3) is 0.235. The highest BCUT2D eigenvalue weighted by Gasteiger charge is 2.34. The Labute approximate surface area is 136 Å². The summed E-state index contributed by atoms with van der Waals surface area (Å²) in [6.07, 6.45) is 0.0273. The van der Waals surface area contributed by atoms with Crippen molar-refractivity contribution in [1.82, 2.24) is 0 Å². The number of allylic oxidation sites excluding steroid dienone is 8. The molecule has 2 aliphatic carbocycles. The second kappa shape index (κ2) is 6.34. The lowest BCUT2D eigenvalue weighted by Crippen LogP contribution is -2.23. The number of halogens is 4. The lowest BCUT2D eigenvalue weighted by molar-refractivity contribution is -0.111. The molecule has 0 saturated carbocycles. The van der Waals surface area contributed by atoms with E-state index in [2.05, 4.69) is 6.58 Å². The van der Waals surface area contributed by atoms with Crippen LogP contribution in [-0.2, 0) is 4.79 Å². The van der Waals surface area contributed by atoms with Gasteiger partial charge in [0.15, 0.2) is 5.78 Å². The Hall–Kier alpha value is -1.85. The standard InChI is InChI=1S/C17H14ClF3O2/c1-3-12-15(18)14(22)8-13(16(12)23)10-6-9(2)4-5-11(7-10)17(19,20)21/h4-8,16,23H,2-3H2,1H3. The molecule has 122 valence electrons. The maximum absolute atomic E-state index is 13.0. The van der Waals surface area contributed by atoms with Gasteiger partial charge in [0, 0.05) is 0 Å². The first-order chi connectivity index (χ1) is 10.6. The molecule has 0 aromatic rings. The van der Waals surface area contributed by atoms with Crippen LogP contribution in [0.1, 0.15) is 13.3 Å². The second-order valence-electron chi connectivity index (χ2n) is 5.16. The van der Waals surface area contributed by atoms with E-state index in [1.54, 1.807) is 6.92 Å². The summed E-state index contributed by atoms with van der Waals surface area (Å²) < 4.78 is 39.0. The summed E-state index contributed by atoms with van der Waals surface area (Å²) in [6, 6.07) is 0. The van der Waals surface area contributed by atoms with Crippen LogP contribution in [0.25, 0.3) is 0 Å². The third kappa shape index (κ3) is 3.57. The van der Waals surface area contributed by atoms with Crippen molar-refractivity contribution in [3.63, 3.8) is 0 Å². The van der Waals surface area contributed by atoms with Gasteiger partial charge >= 0.3 is 6.18 Å². The van der Waals surface area contributed by atoms with Gasteiger partial charge in [-0.1, -0.05) is 31.2 Å². The van der Waals surface area contributed by atoms with Gasteiger partial charge in [-0.3, -0.25) is 4.79 Å². The minimum absolute atomic E-state index is 0.0860. The minimum atomic E-state index is -4.55. The van der Waals surface area contributed by atoms with Crippen LogP contribution in [0.5, 0.6) is 0 Å². The Morgan fingerprint density at radius 3 is 2.48 bits per heavy atom. The Morgan fingerprint density at radius 2 is 1.91 bits per heavy atom. The van der Waals surface area contributed by atoms with E-state index in [1.165, 1.54) is 12.2 Å². The fourth-order valence-corrected chi connectivity index (χ4v) is 2.68. The van der Waals surface area contributed by atoms with Gasteiger partial charge in [0.2, 0.25) is 0 Å². The Balaban J connectivity index is 2.54. The third-order valence-electron chi connectivity index (χ3n) is 3.58. The molecule has 2 nitrogen and oxygen atoms in total. The molecule has 2 aliphatic rings. The van der Waals surface area contributed by atoms with Crippen LogP contribution in [0.3, 0.4) is 0 Å². The number of carbonyl (C=O) groups excluding carboxylic acids is 1.